The van der Waals surface area contributed by atoms with Crippen LogP contribution in [0, 0.1) is 0 Å². The third-order valence-corrected chi connectivity index (χ3v) is 5.57. The van der Waals surface area contributed by atoms with Gasteiger partial charge in [0.15, 0.2) is 0 Å². The number of hydrogen-bond donors (Lipinski definition) is 1. The monoisotopic (exact) mass is 368 g/mol. The first-order valence-electron chi connectivity index (χ1n) is 8.80. The Bertz CT molecular complexity index is 929. The predicted octanol–water partition coefficient (Wildman–Crippen LogP) is 0.369. The van der Waals surface area contributed by atoms with Crippen LogP contribution in [-0.2, 0) is 15.1 Å². The van der Waals surface area contributed by atoms with Gasteiger partial charge >= 0.3 is 0 Å². The maximum absolute atomic E-state index is 12.8. The van der Waals surface area contributed by atoms with Crippen LogP contribution in [0.5, 0.6) is 0 Å². The molecule has 1 aromatic heterocycles. The predicted molar refractivity (Wildman–Crippen MR) is 96.0 cm³/mol. The third-order valence-electron chi connectivity index (χ3n) is 5.57. The first kappa shape index (κ1) is 17.4. The zero-order chi connectivity index (χ0) is 19.0. The number of aromatic nitrogens is 2. The van der Waals surface area contributed by atoms with E-state index in [-0.39, 0.29) is 30.1 Å². The second-order valence-electron chi connectivity index (χ2n) is 6.84. The van der Waals surface area contributed by atoms with Gasteiger partial charge in [-0.3, -0.25) is 14.4 Å². The van der Waals surface area contributed by atoms with Crippen LogP contribution in [0.25, 0.3) is 0 Å². The average Bonchev–Trinajstić information content (AvgIpc) is 2.71. The van der Waals surface area contributed by atoms with Gasteiger partial charge in [0.1, 0.15) is 18.3 Å². The Kier molecular flexibility index (Phi) is 4.27. The summed E-state index contributed by atoms with van der Waals surface area (Å²) in [6.07, 6.45) is 2.67. The maximum atomic E-state index is 12.8. The van der Waals surface area contributed by atoms with Crippen molar-refractivity contribution in [3.8, 4) is 0 Å². The lowest BCUT2D eigenvalue weighted by atomic mass is 9.76. The average molecular weight is 368 g/mol. The highest BCUT2D eigenvalue weighted by molar-refractivity contribution is 5.93. The molecule has 0 saturated carbocycles. The number of likely N-dealkylation sites (N-methyl/N-ethyl adjacent to an activating group) is 1. The molecule has 8 heteroatoms. The number of fused-ring (bicyclic) bond motifs is 1. The Morgan fingerprint density at radius 2 is 2.07 bits per heavy atom. The molecule has 0 bridgehead atoms. The highest BCUT2D eigenvalue weighted by Crippen LogP contribution is 2.42. The van der Waals surface area contributed by atoms with Crippen LogP contribution in [0.3, 0.4) is 0 Å². The molecular formula is C19H20N4O4. The number of nitrogens with zero attached hydrogens (tertiary/aromatic N) is 3. The van der Waals surface area contributed by atoms with Crippen LogP contribution < -0.4 is 5.56 Å². The fourth-order valence-electron chi connectivity index (χ4n) is 4.08. The molecule has 0 radical (unpaired) electrons. The normalized spacial score (nSPS) is 25.2. The number of aromatic amines is 1. The molecule has 8 nitrogen and oxygen atoms in total. The number of benzene rings is 1. The molecule has 1 aromatic carbocycles. The van der Waals surface area contributed by atoms with Crippen molar-refractivity contribution in [3.05, 3.63) is 64.3 Å². The van der Waals surface area contributed by atoms with Gasteiger partial charge in [-0.2, -0.15) is 0 Å². The van der Waals surface area contributed by atoms with Crippen LogP contribution in [0.2, 0.25) is 0 Å². The summed E-state index contributed by atoms with van der Waals surface area (Å²) in [5, 5.41) is 0. The highest BCUT2D eigenvalue weighted by atomic mass is 16.5. The van der Waals surface area contributed by atoms with Crippen molar-refractivity contribution in [2.24, 2.45) is 0 Å². The van der Waals surface area contributed by atoms with Crippen LogP contribution in [0.15, 0.2) is 47.7 Å². The molecule has 2 atom stereocenters. The molecule has 0 spiro atoms. The summed E-state index contributed by atoms with van der Waals surface area (Å²) in [6.45, 7) is 0.671. The van der Waals surface area contributed by atoms with Gasteiger partial charge in [0.25, 0.3) is 11.5 Å². The van der Waals surface area contributed by atoms with Gasteiger partial charge in [0.05, 0.1) is 11.9 Å². The molecule has 2 fully saturated rings. The van der Waals surface area contributed by atoms with Gasteiger partial charge in [-0.05, 0) is 12.0 Å². The summed E-state index contributed by atoms with van der Waals surface area (Å²) in [7, 11) is 1.79. The van der Waals surface area contributed by atoms with Crippen LogP contribution in [0.4, 0.5) is 0 Å². The number of piperidine rings is 1. The number of hydrogen-bond acceptors (Lipinski definition) is 5. The number of rotatable bonds is 2. The number of carbonyl (C=O) groups excluding carboxylic acids is 2. The van der Waals surface area contributed by atoms with E-state index < -0.39 is 11.1 Å². The van der Waals surface area contributed by atoms with Gasteiger partial charge < -0.3 is 19.5 Å². The number of amides is 2. The minimum atomic E-state index is -0.630. The topological polar surface area (TPSA) is 95.6 Å². The quantitative estimate of drug-likeness (QED) is 0.826. The Labute approximate surface area is 155 Å². The van der Waals surface area contributed by atoms with Gasteiger partial charge in [0, 0.05) is 26.3 Å². The van der Waals surface area contributed by atoms with Gasteiger partial charge in [-0.15, -0.1) is 0 Å². The lowest BCUT2D eigenvalue weighted by Gasteiger charge is -2.54. The molecule has 27 heavy (non-hydrogen) atoms. The number of carbonyl (C=O) groups is 2. The minimum absolute atomic E-state index is 0.00458. The van der Waals surface area contributed by atoms with E-state index in [1.165, 1.54) is 12.5 Å². The van der Waals surface area contributed by atoms with Crippen molar-refractivity contribution in [3.63, 3.8) is 0 Å². The van der Waals surface area contributed by atoms with E-state index in [9.17, 15) is 14.4 Å². The molecule has 140 valence electrons. The maximum Gasteiger partial charge on any atom is 0.263 e. The molecule has 2 saturated heterocycles. The molecule has 2 amide bonds. The molecule has 2 aliphatic heterocycles. The highest BCUT2D eigenvalue weighted by Gasteiger charge is 2.53. The SMILES string of the molecule is CN1C(=O)CO[C@@H]2CN(C(=O)c3cnc[nH]c3=O)CC[C@]21c1ccccc1. The Balaban J connectivity index is 1.68. The number of nitrogens with one attached hydrogen (secondary N) is 1. The second kappa shape index (κ2) is 6.62. The van der Waals surface area contributed by atoms with E-state index in [2.05, 4.69) is 9.97 Å². The summed E-state index contributed by atoms with van der Waals surface area (Å²) in [5.74, 6) is -0.465. The zero-order valence-corrected chi connectivity index (χ0v) is 14.9. The fraction of sp³-hybridized carbons (Fsp3) is 0.368. The zero-order valence-electron chi connectivity index (χ0n) is 14.9. The summed E-state index contributed by atoms with van der Waals surface area (Å²) in [6, 6.07) is 9.75. The van der Waals surface area contributed by atoms with Crippen LogP contribution >= 0.6 is 0 Å². The van der Waals surface area contributed by atoms with Crippen molar-refractivity contribution >= 4 is 11.8 Å². The van der Waals surface area contributed by atoms with E-state index in [4.69, 9.17) is 4.74 Å². The smallest absolute Gasteiger partial charge is 0.263 e. The molecule has 0 unspecified atom stereocenters. The standard InChI is InChI=1S/C19H20N4O4/c1-22-16(24)11-27-15-10-23(18(26)14-9-20-12-21-17(14)25)8-7-19(15,22)13-5-3-2-4-6-13/h2-6,9,12,15H,7-8,10-11H2,1H3,(H,20,21,25)/t15-,19+/m1/s1. The van der Waals surface area contributed by atoms with Crippen molar-refractivity contribution in [1.29, 1.82) is 0 Å². The van der Waals surface area contributed by atoms with E-state index in [1.807, 2.05) is 30.3 Å². The number of morpholine rings is 1. The first-order chi connectivity index (χ1) is 13.0. The molecular weight excluding hydrogens is 348 g/mol. The minimum Gasteiger partial charge on any atom is -0.364 e. The summed E-state index contributed by atoms with van der Waals surface area (Å²) < 4.78 is 5.88. The number of likely N-dealkylation sites (tertiary alicyclic amines) is 1. The van der Waals surface area contributed by atoms with Crippen molar-refractivity contribution in [2.75, 3.05) is 26.7 Å². The summed E-state index contributed by atoms with van der Waals surface area (Å²) >= 11 is 0. The van der Waals surface area contributed by atoms with Crippen LogP contribution in [0.1, 0.15) is 22.3 Å². The second-order valence-corrected chi connectivity index (χ2v) is 6.84. The van der Waals surface area contributed by atoms with Crippen molar-refractivity contribution in [2.45, 2.75) is 18.1 Å². The fourth-order valence-corrected chi connectivity index (χ4v) is 4.08. The lowest BCUT2D eigenvalue weighted by molar-refractivity contribution is -0.180. The van der Waals surface area contributed by atoms with Gasteiger partial charge in [0.2, 0.25) is 5.91 Å². The molecule has 3 heterocycles. The van der Waals surface area contributed by atoms with Crippen molar-refractivity contribution in [1.82, 2.24) is 19.8 Å². The molecule has 2 aliphatic rings. The van der Waals surface area contributed by atoms with Crippen molar-refractivity contribution < 1.29 is 14.3 Å². The number of H-pyrrole nitrogens is 1. The van der Waals surface area contributed by atoms with E-state index in [1.54, 1.807) is 16.8 Å². The van der Waals surface area contributed by atoms with Gasteiger partial charge in [-0.25, -0.2) is 4.98 Å². The van der Waals surface area contributed by atoms with Gasteiger partial charge in [-0.1, -0.05) is 30.3 Å². The van der Waals surface area contributed by atoms with E-state index >= 15 is 0 Å². The Morgan fingerprint density at radius 1 is 1.30 bits per heavy atom. The summed E-state index contributed by atoms with van der Waals surface area (Å²) in [5.41, 5.74) is -0.108. The van der Waals surface area contributed by atoms with E-state index in [0.29, 0.717) is 19.5 Å². The Morgan fingerprint density at radius 3 is 2.81 bits per heavy atom. The number of ether oxygens (including phenoxy) is 1. The largest absolute Gasteiger partial charge is 0.364 e. The molecule has 2 aromatic rings. The first-order valence-corrected chi connectivity index (χ1v) is 8.80. The molecule has 0 aliphatic carbocycles. The van der Waals surface area contributed by atoms with E-state index in [0.717, 1.165) is 5.56 Å². The lowest BCUT2D eigenvalue weighted by Crippen LogP contribution is -2.67. The molecule has 1 N–H and O–H groups in total. The summed E-state index contributed by atoms with van der Waals surface area (Å²) in [4.78, 5) is 46.7. The van der Waals surface area contributed by atoms with Crippen LogP contribution in [-0.4, -0.2) is 64.4 Å². The molecule has 4 rings (SSSR count). The third kappa shape index (κ3) is 2.73. The Hall–Kier alpha value is -3.00.